The van der Waals surface area contributed by atoms with E-state index in [2.05, 4.69) is 16.8 Å². The average molecular weight is 287 g/mol. The van der Waals surface area contributed by atoms with Crippen molar-refractivity contribution in [1.29, 1.82) is 0 Å². The zero-order chi connectivity index (χ0) is 14.3. The molecule has 0 spiro atoms. The summed E-state index contributed by atoms with van der Waals surface area (Å²) in [6, 6.07) is 0. The summed E-state index contributed by atoms with van der Waals surface area (Å²) in [5.41, 5.74) is 3.53. The number of imidazole rings is 1. The Bertz CT molecular complexity index is 507. The van der Waals surface area contributed by atoms with Gasteiger partial charge in [-0.1, -0.05) is 26.2 Å². The fourth-order valence-corrected chi connectivity index (χ4v) is 4.38. The van der Waals surface area contributed by atoms with Crippen molar-refractivity contribution in [3.8, 4) is 0 Å². The molecule has 4 rings (SSSR count). The fraction of sp³-hybridized carbons (Fsp3) is 0.833. The van der Waals surface area contributed by atoms with Gasteiger partial charge in [-0.2, -0.15) is 0 Å². The van der Waals surface area contributed by atoms with Crippen LogP contribution in [-0.4, -0.2) is 16.1 Å². The Hall–Kier alpha value is -0.830. The first-order chi connectivity index (χ1) is 10.3. The van der Waals surface area contributed by atoms with Gasteiger partial charge < -0.3 is 9.88 Å². The van der Waals surface area contributed by atoms with E-state index >= 15 is 0 Å². The maximum absolute atomic E-state index is 5.12. The van der Waals surface area contributed by atoms with Crippen LogP contribution < -0.4 is 5.32 Å². The highest BCUT2D eigenvalue weighted by molar-refractivity contribution is 5.23. The highest BCUT2D eigenvalue weighted by atomic mass is 15.1. The second-order valence-corrected chi connectivity index (χ2v) is 7.56. The van der Waals surface area contributed by atoms with Crippen molar-refractivity contribution in [2.75, 3.05) is 6.54 Å². The molecule has 3 heteroatoms. The molecule has 1 N–H and O–H groups in total. The van der Waals surface area contributed by atoms with Gasteiger partial charge in [0, 0.05) is 37.7 Å². The van der Waals surface area contributed by atoms with Crippen molar-refractivity contribution in [1.82, 2.24) is 14.9 Å². The van der Waals surface area contributed by atoms with E-state index in [1.807, 2.05) is 0 Å². The summed E-state index contributed by atoms with van der Waals surface area (Å²) in [5, 5.41) is 3.50. The standard InChI is InChI=1S/C18H29N3/c1-2-18(9-10-18)13-21-16-8-11-19-12-15(16)20-17(21)14-6-4-3-5-7-14/h14,19H,2-13H2,1H3. The smallest absolute Gasteiger partial charge is 0.112 e. The van der Waals surface area contributed by atoms with Gasteiger partial charge in [0.1, 0.15) is 5.82 Å². The lowest BCUT2D eigenvalue weighted by Crippen LogP contribution is -2.26. The van der Waals surface area contributed by atoms with Gasteiger partial charge >= 0.3 is 0 Å². The highest BCUT2D eigenvalue weighted by Gasteiger charge is 2.42. The summed E-state index contributed by atoms with van der Waals surface area (Å²) >= 11 is 0. The summed E-state index contributed by atoms with van der Waals surface area (Å²) in [6.45, 7) is 5.74. The van der Waals surface area contributed by atoms with Crippen LogP contribution in [0.2, 0.25) is 0 Å². The van der Waals surface area contributed by atoms with Gasteiger partial charge in [0.25, 0.3) is 0 Å². The van der Waals surface area contributed by atoms with Gasteiger partial charge in [0.2, 0.25) is 0 Å². The van der Waals surface area contributed by atoms with Crippen LogP contribution in [0.4, 0.5) is 0 Å². The second kappa shape index (κ2) is 5.42. The normalized spacial score (nSPS) is 24.8. The summed E-state index contributed by atoms with van der Waals surface area (Å²) in [5.74, 6) is 2.18. The molecule has 116 valence electrons. The number of hydrogen-bond donors (Lipinski definition) is 1. The van der Waals surface area contributed by atoms with Gasteiger partial charge in [-0.3, -0.25) is 0 Å². The minimum atomic E-state index is 0.614. The molecular formula is C18H29N3. The van der Waals surface area contributed by atoms with Gasteiger partial charge in [-0.25, -0.2) is 4.98 Å². The summed E-state index contributed by atoms with van der Waals surface area (Å²) in [4.78, 5) is 5.12. The Labute approximate surface area is 128 Å². The predicted octanol–water partition coefficient (Wildman–Crippen LogP) is 3.77. The van der Waals surface area contributed by atoms with E-state index in [-0.39, 0.29) is 0 Å². The van der Waals surface area contributed by atoms with Crippen LogP contribution in [0.3, 0.4) is 0 Å². The minimum Gasteiger partial charge on any atom is -0.331 e. The van der Waals surface area contributed by atoms with E-state index in [4.69, 9.17) is 4.98 Å². The zero-order valence-electron chi connectivity index (χ0n) is 13.5. The lowest BCUT2D eigenvalue weighted by atomic mass is 9.88. The van der Waals surface area contributed by atoms with Crippen LogP contribution >= 0.6 is 0 Å². The SMILES string of the molecule is CCC1(Cn2c(C3CCCCC3)nc3c2CCNC3)CC1. The quantitative estimate of drug-likeness (QED) is 0.913. The molecule has 1 aliphatic heterocycles. The molecule has 3 nitrogen and oxygen atoms in total. The monoisotopic (exact) mass is 287 g/mol. The van der Waals surface area contributed by atoms with E-state index in [9.17, 15) is 0 Å². The molecule has 0 atom stereocenters. The first kappa shape index (κ1) is 13.8. The number of aromatic nitrogens is 2. The second-order valence-electron chi connectivity index (χ2n) is 7.56. The molecule has 2 aliphatic carbocycles. The Morgan fingerprint density at radius 3 is 2.76 bits per heavy atom. The van der Waals surface area contributed by atoms with Crippen LogP contribution in [0.5, 0.6) is 0 Å². The zero-order valence-corrected chi connectivity index (χ0v) is 13.5. The molecule has 0 bridgehead atoms. The third-order valence-corrected chi connectivity index (χ3v) is 6.19. The van der Waals surface area contributed by atoms with Crippen molar-refractivity contribution in [3.63, 3.8) is 0 Å². The van der Waals surface area contributed by atoms with Crippen LogP contribution in [0.15, 0.2) is 0 Å². The van der Waals surface area contributed by atoms with Crippen LogP contribution in [0.1, 0.15) is 81.4 Å². The van der Waals surface area contributed by atoms with Crippen molar-refractivity contribution in [2.24, 2.45) is 5.41 Å². The third-order valence-electron chi connectivity index (χ3n) is 6.19. The molecule has 2 fully saturated rings. The van der Waals surface area contributed by atoms with Crippen molar-refractivity contribution in [2.45, 2.75) is 83.7 Å². The van der Waals surface area contributed by atoms with Gasteiger partial charge in [-0.15, -0.1) is 0 Å². The van der Waals surface area contributed by atoms with E-state index in [1.165, 1.54) is 75.9 Å². The number of fused-ring (bicyclic) bond motifs is 1. The molecule has 1 aromatic rings. The lowest BCUT2D eigenvalue weighted by Gasteiger charge is -2.25. The van der Waals surface area contributed by atoms with E-state index < -0.39 is 0 Å². The maximum atomic E-state index is 5.12. The molecule has 2 saturated carbocycles. The number of hydrogen-bond acceptors (Lipinski definition) is 2. The molecule has 0 saturated heterocycles. The van der Waals surface area contributed by atoms with E-state index in [0.29, 0.717) is 5.41 Å². The summed E-state index contributed by atoms with van der Waals surface area (Å²) < 4.78 is 2.68. The Kier molecular flexibility index (Phi) is 3.56. The fourth-order valence-electron chi connectivity index (χ4n) is 4.38. The maximum Gasteiger partial charge on any atom is 0.112 e. The first-order valence-electron chi connectivity index (χ1n) is 9.10. The molecule has 2 heterocycles. The highest BCUT2D eigenvalue weighted by Crippen LogP contribution is 2.51. The Morgan fingerprint density at radius 2 is 2.05 bits per heavy atom. The molecule has 0 unspecified atom stereocenters. The van der Waals surface area contributed by atoms with Crippen LogP contribution in [0.25, 0.3) is 0 Å². The first-order valence-corrected chi connectivity index (χ1v) is 9.10. The molecule has 3 aliphatic rings. The molecule has 1 aromatic heterocycles. The molecular weight excluding hydrogens is 258 g/mol. The molecule has 0 aromatic carbocycles. The average Bonchev–Trinajstić information content (AvgIpc) is 3.23. The molecule has 0 amide bonds. The Balaban J connectivity index is 1.68. The van der Waals surface area contributed by atoms with Gasteiger partial charge in [0.05, 0.1) is 5.69 Å². The van der Waals surface area contributed by atoms with Gasteiger partial charge in [-0.05, 0) is 37.5 Å². The van der Waals surface area contributed by atoms with Crippen molar-refractivity contribution in [3.05, 3.63) is 17.2 Å². The number of nitrogens with one attached hydrogen (secondary N) is 1. The van der Waals surface area contributed by atoms with Crippen LogP contribution in [-0.2, 0) is 19.5 Å². The largest absolute Gasteiger partial charge is 0.331 e. The predicted molar refractivity (Wildman–Crippen MR) is 85.4 cm³/mol. The Morgan fingerprint density at radius 1 is 1.24 bits per heavy atom. The molecule has 21 heavy (non-hydrogen) atoms. The van der Waals surface area contributed by atoms with Crippen LogP contribution in [0, 0.1) is 5.41 Å². The van der Waals surface area contributed by atoms with E-state index in [1.54, 1.807) is 5.69 Å². The lowest BCUT2D eigenvalue weighted by molar-refractivity contribution is 0.363. The van der Waals surface area contributed by atoms with Crippen molar-refractivity contribution >= 4 is 0 Å². The van der Waals surface area contributed by atoms with Crippen molar-refractivity contribution < 1.29 is 0 Å². The van der Waals surface area contributed by atoms with E-state index in [0.717, 1.165) is 19.0 Å². The van der Waals surface area contributed by atoms with Gasteiger partial charge in [0.15, 0.2) is 0 Å². The molecule has 0 radical (unpaired) electrons. The minimum absolute atomic E-state index is 0.614. The number of nitrogens with zero attached hydrogens (tertiary/aromatic N) is 2. The summed E-state index contributed by atoms with van der Waals surface area (Å²) in [7, 11) is 0. The topological polar surface area (TPSA) is 29.9 Å². The summed E-state index contributed by atoms with van der Waals surface area (Å²) in [6.07, 6.45) is 12.3. The third kappa shape index (κ3) is 2.54. The number of rotatable bonds is 4.